The molecular formula is C28H38N2. The highest BCUT2D eigenvalue weighted by Gasteiger charge is 2.48. The van der Waals surface area contributed by atoms with Gasteiger partial charge in [0.15, 0.2) is 0 Å². The van der Waals surface area contributed by atoms with Gasteiger partial charge in [0.2, 0.25) is 0 Å². The molecular weight excluding hydrogens is 364 g/mol. The molecule has 0 spiro atoms. The molecule has 2 aromatic rings. The van der Waals surface area contributed by atoms with Crippen LogP contribution in [0.15, 0.2) is 30.3 Å². The number of rotatable bonds is 2. The van der Waals surface area contributed by atoms with Crippen molar-refractivity contribution in [2.24, 2.45) is 5.92 Å². The maximum Gasteiger partial charge on any atom is 0.0953 e. The topological polar surface area (TPSA) is 6.48 Å². The summed E-state index contributed by atoms with van der Waals surface area (Å²) in [6.07, 6.45) is 2.52. The Morgan fingerprint density at radius 2 is 1.50 bits per heavy atom. The van der Waals surface area contributed by atoms with Crippen LogP contribution in [0.3, 0.4) is 0 Å². The molecule has 1 aliphatic carbocycles. The van der Waals surface area contributed by atoms with Crippen molar-refractivity contribution in [2.45, 2.75) is 84.5 Å². The Morgan fingerprint density at radius 1 is 0.800 bits per heavy atom. The summed E-state index contributed by atoms with van der Waals surface area (Å²) in [5, 5.41) is 0. The smallest absolute Gasteiger partial charge is 0.0953 e. The van der Waals surface area contributed by atoms with E-state index in [1.54, 1.807) is 16.7 Å². The fourth-order valence-corrected chi connectivity index (χ4v) is 6.42. The minimum Gasteiger partial charge on any atom is -0.352 e. The number of para-hydroxylation sites is 1. The monoisotopic (exact) mass is 402 g/mol. The number of hydrogen-bond donors (Lipinski definition) is 0. The lowest BCUT2D eigenvalue weighted by Crippen LogP contribution is -2.41. The Kier molecular flexibility index (Phi) is 4.03. The van der Waals surface area contributed by atoms with Crippen LogP contribution in [0.4, 0.5) is 17.1 Å². The number of hydrogen-bond acceptors (Lipinski definition) is 2. The first-order valence-electron chi connectivity index (χ1n) is 11.8. The third-order valence-electron chi connectivity index (χ3n) is 8.08. The molecule has 160 valence electrons. The first-order chi connectivity index (χ1) is 13.9. The van der Waals surface area contributed by atoms with E-state index in [-0.39, 0.29) is 16.2 Å². The molecule has 2 aliphatic heterocycles. The van der Waals surface area contributed by atoms with E-state index in [0.29, 0.717) is 5.92 Å². The van der Waals surface area contributed by atoms with Crippen LogP contribution in [0.5, 0.6) is 0 Å². The Balaban J connectivity index is 1.80. The summed E-state index contributed by atoms with van der Waals surface area (Å²) >= 11 is 0. The van der Waals surface area contributed by atoms with Gasteiger partial charge in [-0.25, -0.2) is 0 Å². The van der Waals surface area contributed by atoms with E-state index < -0.39 is 0 Å². The number of benzene rings is 2. The molecule has 0 saturated carbocycles. The molecule has 0 aromatic heterocycles. The summed E-state index contributed by atoms with van der Waals surface area (Å²) in [5.74, 6) is 0.651. The molecule has 30 heavy (non-hydrogen) atoms. The van der Waals surface area contributed by atoms with Gasteiger partial charge in [0.1, 0.15) is 0 Å². The van der Waals surface area contributed by atoms with Crippen molar-refractivity contribution in [3.05, 3.63) is 52.6 Å². The quantitative estimate of drug-likeness (QED) is 0.522. The fourth-order valence-electron chi connectivity index (χ4n) is 6.42. The molecule has 2 heterocycles. The number of nitrogens with zero attached hydrogens (tertiary/aromatic N) is 2. The SMILES string of the molecule is CC(C)CN1CN2c3ccc4c(c3C(C)(C)c3cccc1c32)C(C)(C)CCC4(C)C. The lowest BCUT2D eigenvalue weighted by atomic mass is 9.58. The Morgan fingerprint density at radius 3 is 2.20 bits per heavy atom. The van der Waals surface area contributed by atoms with Gasteiger partial charge in [-0.05, 0) is 64.0 Å². The average Bonchev–Trinajstić information content (AvgIpc) is 3.02. The molecule has 2 heteroatoms. The third-order valence-corrected chi connectivity index (χ3v) is 8.08. The van der Waals surface area contributed by atoms with E-state index in [9.17, 15) is 0 Å². The first-order valence-corrected chi connectivity index (χ1v) is 11.8. The Bertz CT molecular complexity index is 1030. The highest BCUT2D eigenvalue weighted by molar-refractivity contribution is 5.91. The molecule has 2 nitrogen and oxygen atoms in total. The molecule has 2 aromatic carbocycles. The van der Waals surface area contributed by atoms with Crippen LogP contribution in [-0.4, -0.2) is 13.2 Å². The highest BCUT2D eigenvalue weighted by atomic mass is 15.4. The molecule has 0 unspecified atom stereocenters. The van der Waals surface area contributed by atoms with Crippen molar-refractivity contribution in [2.75, 3.05) is 23.0 Å². The zero-order chi connectivity index (χ0) is 21.6. The second kappa shape index (κ2) is 6.05. The van der Waals surface area contributed by atoms with Crippen molar-refractivity contribution >= 4 is 17.1 Å². The predicted octanol–water partition coefficient (Wildman–Crippen LogP) is 7.25. The zero-order valence-corrected chi connectivity index (χ0v) is 20.2. The fraction of sp³-hybridized carbons (Fsp3) is 0.571. The molecule has 5 rings (SSSR count). The van der Waals surface area contributed by atoms with Crippen molar-refractivity contribution < 1.29 is 0 Å². The van der Waals surface area contributed by atoms with Crippen LogP contribution >= 0.6 is 0 Å². The van der Waals surface area contributed by atoms with Crippen LogP contribution < -0.4 is 9.80 Å². The predicted molar refractivity (Wildman–Crippen MR) is 129 cm³/mol. The molecule has 0 N–H and O–H groups in total. The van der Waals surface area contributed by atoms with Crippen molar-refractivity contribution in [3.63, 3.8) is 0 Å². The molecule has 0 saturated heterocycles. The largest absolute Gasteiger partial charge is 0.352 e. The molecule has 3 aliphatic rings. The van der Waals surface area contributed by atoms with Gasteiger partial charge in [-0.15, -0.1) is 0 Å². The van der Waals surface area contributed by atoms with Crippen LogP contribution in [0, 0.1) is 5.92 Å². The van der Waals surface area contributed by atoms with E-state index in [1.165, 1.54) is 35.5 Å². The van der Waals surface area contributed by atoms with E-state index in [1.807, 2.05) is 0 Å². The summed E-state index contributed by atoms with van der Waals surface area (Å²) in [4.78, 5) is 5.20. The van der Waals surface area contributed by atoms with Crippen molar-refractivity contribution in [1.82, 2.24) is 0 Å². The van der Waals surface area contributed by atoms with E-state index >= 15 is 0 Å². The van der Waals surface area contributed by atoms with Crippen LogP contribution in [0.2, 0.25) is 0 Å². The van der Waals surface area contributed by atoms with Gasteiger partial charge in [0.25, 0.3) is 0 Å². The second-order valence-electron chi connectivity index (χ2n) is 12.1. The summed E-state index contributed by atoms with van der Waals surface area (Å²) in [7, 11) is 0. The minimum atomic E-state index is 0.00104. The van der Waals surface area contributed by atoms with Gasteiger partial charge < -0.3 is 9.80 Å². The van der Waals surface area contributed by atoms with Gasteiger partial charge in [-0.1, -0.05) is 73.6 Å². The highest BCUT2D eigenvalue weighted by Crippen LogP contribution is 2.59. The first kappa shape index (κ1) is 20.0. The lowest BCUT2D eigenvalue weighted by molar-refractivity contribution is 0.326. The van der Waals surface area contributed by atoms with Crippen LogP contribution in [-0.2, 0) is 16.2 Å². The zero-order valence-electron chi connectivity index (χ0n) is 20.2. The molecule has 0 radical (unpaired) electrons. The summed E-state index contributed by atoms with van der Waals surface area (Å²) in [6.45, 7) is 21.5. The maximum atomic E-state index is 2.62. The van der Waals surface area contributed by atoms with Gasteiger partial charge in [0.05, 0.1) is 18.0 Å². The standard InChI is InChI=1S/C28H38N2/c1-18(2)16-29-17-30-21-13-12-19-23(27(5,6)15-14-26(19,3)4)24(21)28(7,8)20-10-9-11-22(29)25(20)30/h9-13,18H,14-17H2,1-8H3. The summed E-state index contributed by atoms with van der Waals surface area (Å²) in [6, 6.07) is 11.9. The van der Waals surface area contributed by atoms with Crippen molar-refractivity contribution in [3.8, 4) is 0 Å². The number of anilines is 3. The van der Waals surface area contributed by atoms with Crippen molar-refractivity contribution in [1.29, 1.82) is 0 Å². The molecule has 0 bridgehead atoms. The van der Waals surface area contributed by atoms with Gasteiger partial charge in [0, 0.05) is 17.6 Å². The second-order valence-corrected chi connectivity index (χ2v) is 12.1. The normalized spacial score (nSPS) is 22.0. The molecule has 0 amide bonds. The minimum absolute atomic E-state index is 0.00104. The van der Waals surface area contributed by atoms with Crippen LogP contribution in [0.1, 0.15) is 90.5 Å². The van der Waals surface area contributed by atoms with E-state index in [0.717, 1.165) is 13.2 Å². The summed E-state index contributed by atoms with van der Waals surface area (Å²) < 4.78 is 0. The lowest BCUT2D eigenvalue weighted by Gasteiger charge is -2.49. The average molecular weight is 403 g/mol. The van der Waals surface area contributed by atoms with E-state index in [2.05, 4.69) is 95.5 Å². The van der Waals surface area contributed by atoms with Gasteiger partial charge >= 0.3 is 0 Å². The molecule has 0 fully saturated rings. The molecule has 0 atom stereocenters. The Labute approximate surface area is 183 Å². The number of fused-ring (bicyclic) bond motifs is 4. The maximum absolute atomic E-state index is 2.62. The van der Waals surface area contributed by atoms with Gasteiger partial charge in [-0.3, -0.25) is 0 Å². The summed E-state index contributed by atoms with van der Waals surface area (Å²) in [5.41, 5.74) is 11.0. The van der Waals surface area contributed by atoms with Crippen LogP contribution in [0.25, 0.3) is 0 Å². The van der Waals surface area contributed by atoms with E-state index in [4.69, 9.17) is 0 Å². The Hall–Kier alpha value is -1.96. The van der Waals surface area contributed by atoms with Gasteiger partial charge in [-0.2, -0.15) is 0 Å². The third kappa shape index (κ3) is 2.55.